The zero-order valence-corrected chi connectivity index (χ0v) is 16.2. The van der Waals surface area contributed by atoms with Gasteiger partial charge in [0.2, 0.25) is 12.7 Å². The first kappa shape index (κ1) is 19.2. The topological polar surface area (TPSA) is 94.6 Å². The van der Waals surface area contributed by atoms with Crippen molar-refractivity contribution in [3.8, 4) is 11.5 Å². The standard InChI is InChI=1S/C19H22N2O5S/c1-19(2,3)18(22)21-11-17(13-5-4-8-20-10-13)27(23,24)14-6-7-15-16(9-14)26-12-25-15/h4-10,17H,11-12H2,1-3H3,(H,21,22)/t17-/m1/s1. The Morgan fingerprint density at radius 1 is 1.22 bits per heavy atom. The first-order valence-corrected chi connectivity index (χ1v) is 10.1. The van der Waals surface area contributed by atoms with Crippen LogP contribution in [-0.4, -0.2) is 32.6 Å². The molecule has 0 fully saturated rings. The maximum atomic E-state index is 13.3. The van der Waals surface area contributed by atoms with E-state index < -0.39 is 20.5 Å². The van der Waals surface area contributed by atoms with Crippen molar-refractivity contribution >= 4 is 15.7 Å². The van der Waals surface area contributed by atoms with Crippen LogP contribution in [0.2, 0.25) is 0 Å². The molecule has 1 aliphatic heterocycles. The Balaban J connectivity index is 1.95. The zero-order chi connectivity index (χ0) is 19.7. The second-order valence-electron chi connectivity index (χ2n) is 7.30. The number of sulfone groups is 1. The molecule has 2 heterocycles. The Kier molecular flexibility index (Phi) is 5.10. The predicted molar refractivity (Wildman–Crippen MR) is 99.2 cm³/mol. The molecule has 0 radical (unpaired) electrons. The third kappa shape index (κ3) is 4.05. The van der Waals surface area contributed by atoms with E-state index in [1.54, 1.807) is 45.2 Å². The van der Waals surface area contributed by atoms with Gasteiger partial charge in [0.15, 0.2) is 21.3 Å². The van der Waals surface area contributed by atoms with Gasteiger partial charge >= 0.3 is 0 Å². The number of ether oxygens (including phenoxy) is 2. The van der Waals surface area contributed by atoms with Crippen molar-refractivity contribution in [3.63, 3.8) is 0 Å². The number of nitrogens with zero attached hydrogens (tertiary/aromatic N) is 1. The fraction of sp³-hybridized carbons (Fsp3) is 0.368. The highest BCUT2D eigenvalue weighted by Gasteiger charge is 2.32. The smallest absolute Gasteiger partial charge is 0.231 e. The monoisotopic (exact) mass is 390 g/mol. The molecule has 1 aliphatic rings. The molecule has 0 aliphatic carbocycles. The third-order valence-corrected chi connectivity index (χ3v) is 6.33. The zero-order valence-electron chi connectivity index (χ0n) is 15.4. The van der Waals surface area contributed by atoms with Crippen molar-refractivity contribution in [2.75, 3.05) is 13.3 Å². The highest BCUT2D eigenvalue weighted by atomic mass is 32.2. The summed E-state index contributed by atoms with van der Waals surface area (Å²) in [6, 6.07) is 7.86. The van der Waals surface area contributed by atoms with Crippen molar-refractivity contribution in [2.45, 2.75) is 30.9 Å². The van der Waals surface area contributed by atoms with Crippen LogP contribution in [0.3, 0.4) is 0 Å². The molecule has 0 saturated heterocycles. The van der Waals surface area contributed by atoms with E-state index in [0.717, 1.165) is 0 Å². The van der Waals surface area contributed by atoms with Gasteiger partial charge in [-0.25, -0.2) is 8.42 Å². The van der Waals surface area contributed by atoms with Gasteiger partial charge in [0.1, 0.15) is 5.25 Å². The molecule has 1 aromatic carbocycles. The number of aromatic nitrogens is 1. The van der Waals surface area contributed by atoms with Crippen LogP contribution in [0.15, 0.2) is 47.6 Å². The normalized spacial score (nSPS) is 14.6. The lowest BCUT2D eigenvalue weighted by Crippen LogP contribution is -2.38. The Bertz CT molecular complexity index is 936. The van der Waals surface area contributed by atoms with Crippen LogP contribution in [0, 0.1) is 5.41 Å². The molecule has 0 unspecified atom stereocenters. The SMILES string of the molecule is CC(C)(C)C(=O)NC[C@H](c1cccnc1)S(=O)(=O)c1ccc2c(c1)OCO2. The van der Waals surface area contributed by atoms with Crippen molar-refractivity contribution in [2.24, 2.45) is 5.41 Å². The minimum Gasteiger partial charge on any atom is -0.454 e. The molecule has 0 spiro atoms. The molecule has 1 atom stereocenters. The van der Waals surface area contributed by atoms with Gasteiger partial charge in [-0.3, -0.25) is 9.78 Å². The van der Waals surface area contributed by atoms with E-state index in [1.807, 2.05) is 0 Å². The number of pyridine rings is 1. The Morgan fingerprint density at radius 3 is 2.63 bits per heavy atom. The molecule has 3 rings (SSSR count). The van der Waals surface area contributed by atoms with Gasteiger partial charge in [0, 0.05) is 30.4 Å². The highest BCUT2D eigenvalue weighted by Crippen LogP contribution is 2.37. The van der Waals surface area contributed by atoms with E-state index in [1.165, 1.54) is 18.3 Å². The van der Waals surface area contributed by atoms with Crippen LogP contribution >= 0.6 is 0 Å². The quantitative estimate of drug-likeness (QED) is 0.843. The Labute approximate surface area is 158 Å². The molecule has 1 N–H and O–H groups in total. The minimum atomic E-state index is -3.81. The van der Waals surface area contributed by atoms with Crippen LogP contribution in [0.4, 0.5) is 0 Å². The summed E-state index contributed by atoms with van der Waals surface area (Å²) in [4.78, 5) is 16.4. The number of hydrogen-bond acceptors (Lipinski definition) is 6. The molecular weight excluding hydrogens is 368 g/mol. The average molecular weight is 390 g/mol. The van der Waals surface area contributed by atoms with Gasteiger partial charge in [0.25, 0.3) is 0 Å². The molecule has 7 nitrogen and oxygen atoms in total. The second-order valence-corrected chi connectivity index (χ2v) is 9.43. The van der Waals surface area contributed by atoms with Gasteiger partial charge in [0.05, 0.1) is 4.90 Å². The van der Waals surface area contributed by atoms with E-state index in [2.05, 4.69) is 10.3 Å². The molecule has 1 aromatic heterocycles. The largest absolute Gasteiger partial charge is 0.454 e. The van der Waals surface area contributed by atoms with E-state index >= 15 is 0 Å². The number of fused-ring (bicyclic) bond motifs is 1. The maximum Gasteiger partial charge on any atom is 0.231 e. The second kappa shape index (κ2) is 7.19. The predicted octanol–water partition coefficient (Wildman–Crippen LogP) is 2.49. The van der Waals surface area contributed by atoms with Crippen molar-refractivity contribution in [1.82, 2.24) is 10.3 Å². The van der Waals surface area contributed by atoms with Crippen LogP contribution in [0.5, 0.6) is 11.5 Å². The van der Waals surface area contributed by atoms with Crippen LogP contribution < -0.4 is 14.8 Å². The molecule has 0 bridgehead atoms. The summed E-state index contributed by atoms with van der Waals surface area (Å²) in [5.41, 5.74) is -0.119. The average Bonchev–Trinajstić information content (AvgIpc) is 3.09. The lowest BCUT2D eigenvalue weighted by Gasteiger charge is -2.22. The minimum absolute atomic E-state index is 0.0570. The number of carbonyl (C=O) groups excluding carboxylic acids is 1. The fourth-order valence-electron chi connectivity index (χ4n) is 2.64. The van der Waals surface area contributed by atoms with Crippen molar-refractivity contribution in [1.29, 1.82) is 0 Å². The summed E-state index contributed by atoms with van der Waals surface area (Å²) < 4.78 is 37.2. The van der Waals surface area contributed by atoms with Gasteiger partial charge in [-0.05, 0) is 23.8 Å². The first-order valence-electron chi connectivity index (χ1n) is 8.51. The van der Waals surface area contributed by atoms with Crippen LogP contribution in [0.1, 0.15) is 31.6 Å². The molecule has 0 saturated carbocycles. The number of carbonyl (C=O) groups is 1. The van der Waals surface area contributed by atoms with E-state index in [0.29, 0.717) is 17.1 Å². The summed E-state index contributed by atoms with van der Waals surface area (Å²) in [5.74, 6) is 0.671. The molecule has 144 valence electrons. The highest BCUT2D eigenvalue weighted by molar-refractivity contribution is 7.91. The summed E-state index contributed by atoms with van der Waals surface area (Å²) in [6.45, 7) is 5.32. The molecule has 27 heavy (non-hydrogen) atoms. The van der Waals surface area contributed by atoms with Crippen LogP contribution in [0.25, 0.3) is 0 Å². The Morgan fingerprint density at radius 2 is 1.96 bits per heavy atom. The number of rotatable bonds is 5. The number of hydrogen-bond donors (Lipinski definition) is 1. The summed E-state index contributed by atoms with van der Waals surface area (Å²) in [5, 5.41) is 1.77. The van der Waals surface area contributed by atoms with Gasteiger partial charge in [-0.1, -0.05) is 26.8 Å². The summed E-state index contributed by atoms with van der Waals surface area (Å²) >= 11 is 0. The van der Waals surface area contributed by atoms with Crippen molar-refractivity contribution in [3.05, 3.63) is 48.3 Å². The number of nitrogens with one attached hydrogen (secondary N) is 1. The van der Waals surface area contributed by atoms with Crippen molar-refractivity contribution < 1.29 is 22.7 Å². The van der Waals surface area contributed by atoms with E-state index in [-0.39, 0.29) is 24.1 Å². The lowest BCUT2D eigenvalue weighted by molar-refractivity contribution is -0.128. The van der Waals surface area contributed by atoms with E-state index in [4.69, 9.17) is 9.47 Å². The van der Waals surface area contributed by atoms with Gasteiger partial charge in [-0.2, -0.15) is 0 Å². The number of benzene rings is 1. The lowest BCUT2D eigenvalue weighted by atomic mass is 9.95. The molecule has 1 amide bonds. The maximum absolute atomic E-state index is 13.3. The molecule has 2 aromatic rings. The fourth-order valence-corrected chi connectivity index (χ4v) is 4.30. The van der Waals surface area contributed by atoms with E-state index in [9.17, 15) is 13.2 Å². The molecule has 8 heteroatoms. The summed E-state index contributed by atoms with van der Waals surface area (Å²) in [7, 11) is -3.81. The van der Waals surface area contributed by atoms with Gasteiger partial charge in [-0.15, -0.1) is 0 Å². The first-order chi connectivity index (χ1) is 12.7. The van der Waals surface area contributed by atoms with Gasteiger partial charge < -0.3 is 14.8 Å². The third-order valence-electron chi connectivity index (χ3n) is 4.23. The number of amides is 1. The van der Waals surface area contributed by atoms with Crippen LogP contribution in [-0.2, 0) is 14.6 Å². The Hall–Kier alpha value is -2.61. The summed E-state index contributed by atoms with van der Waals surface area (Å²) in [6.07, 6.45) is 3.07. The molecular formula is C19H22N2O5S.